The number of nitrogens with one attached hydrogen (secondary N) is 1. The van der Waals surface area contributed by atoms with Crippen molar-refractivity contribution in [2.24, 2.45) is 0 Å². The van der Waals surface area contributed by atoms with Gasteiger partial charge < -0.3 is 19.7 Å². The van der Waals surface area contributed by atoms with Gasteiger partial charge in [0, 0.05) is 6.54 Å². The molecule has 0 atom stereocenters. The van der Waals surface area contributed by atoms with Crippen LogP contribution in [0.25, 0.3) is 0 Å². The highest BCUT2D eigenvalue weighted by atomic mass is 16.5. The number of aryl methyl sites for hydroxylation is 1. The summed E-state index contributed by atoms with van der Waals surface area (Å²) >= 11 is 0. The molecule has 0 saturated heterocycles. The molecule has 1 aromatic heterocycles. The van der Waals surface area contributed by atoms with Crippen molar-refractivity contribution in [3.05, 3.63) is 17.5 Å². The van der Waals surface area contributed by atoms with Gasteiger partial charge in [0.2, 0.25) is 0 Å². The van der Waals surface area contributed by atoms with Crippen LogP contribution in [0.2, 0.25) is 0 Å². The molecule has 0 aliphatic heterocycles. The van der Waals surface area contributed by atoms with Crippen LogP contribution < -0.4 is 5.32 Å². The number of hydrogen-bond acceptors (Lipinski definition) is 5. The molecule has 0 saturated carbocycles. The molecule has 0 bridgehead atoms. The van der Waals surface area contributed by atoms with Crippen molar-refractivity contribution in [2.45, 2.75) is 6.92 Å². The molecule has 1 rings (SSSR count). The van der Waals surface area contributed by atoms with Gasteiger partial charge in [0.1, 0.15) is 17.9 Å². The Morgan fingerprint density at radius 3 is 2.94 bits per heavy atom. The van der Waals surface area contributed by atoms with Crippen molar-refractivity contribution in [2.75, 3.05) is 19.8 Å². The molecular weight excluding hydrogens is 216 g/mol. The molecule has 0 spiro atoms. The molecule has 2 N–H and O–H groups in total. The van der Waals surface area contributed by atoms with Gasteiger partial charge in [-0.05, 0) is 6.92 Å². The first-order valence-electron chi connectivity index (χ1n) is 4.60. The van der Waals surface area contributed by atoms with Gasteiger partial charge in [-0.15, -0.1) is 0 Å². The van der Waals surface area contributed by atoms with Crippen LogP contribution in [0.4, 0.5) is 0 Å². The van der Waals surface area contributed by atoms with E-state index < -0.39 is 5.97 Å². The smallest absolute Gasteiger partial charge is 0.329 e. The zero-order valence-electron chi connectivity index (χ0n) is 8.73. The number of amides is 1. The average molecular weight is 228 g/mol. The first kappa shape index (κ1) is 12.2. The van der Waals surface area contributed by atoms with Crippen molar-refractivity contribution in [1.82, 2.24) is 10.5 Å². The number of rotatable bonds is 6. The summed E-state index contributed by atoms with van der Waals surface area (Å²) < 4.78 is 9.46. The fourth-order valence-electron chi connectivity index (χ4n) is 1.01. The Bertz CT molecular complexity index is 374. The third-order valence-electron chi connectivity index (χ3n) is 1.75. The molecule has 0 radical (unpaired) electrons. The number of ether oxygens (including phenoxy) is 1. The number of carboxylic acids is 1. The lowest BCUT2D eigenvalue weighted by molar-refractivity contribution is -0.142. The largest absolute Gasteiger partial charge is 0.480 e. The minimum atomic E-state index is -1.04. The van der Waals surface area contributed by atoms with Gasteiger partial charge in [0.05, 0.1) is 12.8 Å². The molecule has 1 aromatic rings. The number of nitrogens with zero attached hydrogens (tertiary/aromatic N) is 1. The van der Waals surface area contributed by atoms with Crippen LogP contribution in [-0.2, 0) is 9.53 Å². The third-order valence-corrected chi connectivity index (χ3v) is 1.75. The second-order valence-electron chi connectivity index (χ2n) is 3.00. The first-order chi connectivity index (χ1) is 7.61. The van der Waals surface area contributed by atoms with E-state index in [1.54, 1.807) is 6.92 Å². The Balaban J connectivity index is 2.21. The molecule has 88 valence electrons. The highest BCUT2D eigenvalue weighted by Crippen LogP contribution is 2.04. The van der Waals surface area contributed by atoms with Gasteiger partial charge in [-0.1, -0.05) is 5.16 Å². The summed E-state index contributed by atoms with van der Waals surface area (Å²) in [6.45, 7) is 1.63. The summed E-state index contributed by atoms with van der Waals surface area (Å²) in [5, 5.41) is 14.3. The maximum absolute atomic E-state index is 11.4. The van der Waals surface area contributed by atoms with Crippen molar-refractivity contribution in [3.8, 4) is 0 Å². The van der Waals surface area contributed by atoms with E-state index in [1.165, 1.54) is 6.20 Å². The molecule has 0 fully saturated rings. The lowest BCUT2D eigenvalue weighted by Crippen LogP contribution is -2.28. The first-order valence-corrected chi connectivity index (χ1v) is 4.60. The number of aromatic nitrogens is 1. The van der Waals surface area contributed by atoms with Crippen LogP contribution >= 0.6 is 0 Å². The van der Waals surface area contributed by atoms with Gasteiger partial charge in [0.25, 0.3) is 5.91 Å². The molecule has 7 heteroatoms. The van der Waals surface area contributed by atoms with E-state index in [9.17, 15) is 9.59 Å². The number of aliphatic carboxylic acids is 1. The Morgan fingerprint density at radius 1 is 1.62 bits per heavy atom. The Labute approximate surface area is 91.4 Å². The molecule has 0 unspecified atom stereocenters. The van der Waals surface area contributed by atoms with E-state index in [0.29, 0.717) is 11.3 Å². The van der Waals surface area contributed by atoms with E-state index in [0.717, 1.165) is 0 Å². The lowest BCUT2D eigenvalue weighted by atomic mass is 10.2. The van der Waals surface area contributed by atoms with Gasteiger partial charge in [-0.2, -0.15) is 0 Å². The normalized spacial score (nSPS) is 10.1. The number of carbonyl (C=O) groups excluding carboxylic acids is 1. The molecule has 16 heavy (non-hydrogen) atoms. The summed E-state index contributed by atoms with van der Waals surface area (Å²) in [4.78, 5) is 21.5. The SMILES string of the molecule is Cc1oncc1C(=O)NCCOCC(=O)O. The molecule has 1 heterocycles. The summed E-state index contributed by atoms with van der Waals surface area (Å²) in [6.07, 6.45) is 1.32. The van der Waals surface area contributed by atoms with Crippen LogP contribution in [-0.4, -0.2) is 41.9 Å². The summed E-state index contributed by atoms with van der Waals surface area (Å²) in [6, 6.07) is 0. The van der Waals surface area contributed by atoms with E-state index in [1.807, 2.05) is 0 Å². The highest BCUT2D eigenvalue weighted by Gasteiger charge is 2.11. The van der Waals surface area contributed by atoms with Crippen molar-refractivity contribution in [1.29, 1.82) is 0 Å². The van der Waals surface area contributed by atoms with E-state index in [2.05, 4.69) is 10.5 Å². The predicted molar refractivity (Wildman–Crippen MR) is 52.0 cm³/mol. The molecule has 0 aliphatic carbocycles. The molecule has 0 aromatic carbocycles. The summed E-state index contributed by atoms with van der Waals surface area (Å²) in [7, 11) is 0. The van der Waals surface area contributed by atoms with Crippen LogP contribution in [0.15, 0.2) is 10.7 Å². The van der Waals surface area contributed by atoms with Gasteiger partial charge in [0.15, 0.2) is 0 Å². The fourth-order valence-corrected chi connectivity index (χ4v) is 1.01. The van der Waals surface area contributed by atoms with Gasteiger partial charge in [-0.3, -0.25) is 4.79 Å². The second-order valence-corrected chi connectivity index (χ2v) is 3.00. The maximum atomic E-state index is 11.4. The standard InChI is InChI=1S/C9H12N2O5/c1-6-7(4-11-16-6)9(14)10-2-3-15-5-8(12)13/h4H,2-3,5H2,1H3,(H,10,14)(H,12,13). The van der Waals surface area contributed by atoms with Gasteiger partial charge in [-0.25, -0.2) is 4.79 Å². The number of hydrogen-bond donors (Lipinski definition) is 2. The maximum Gasteiger partial charge on any atom is 0.329 e. The molecule has 1 amide bonds. The Kier molecular flexibility index (Phi) is 4.46. The van der Waals surface area contributed by atoms with Crippen molar-refractivity contribution >= 4 is 11.9 Å². The molecule has 7 nitrogen and oxygen atoms in total. The minimum Gasteiger partial charge on any atom is -0.480 e. The molecular formula is C9H12N2O5. The number of carboxylic acid groups (broad SMARTS) is 1. The van der Waals surface area contributed by atoms with Crippen LogP contribution in [0.3, 0.4) is 0 Å². The third kappa shape index (κ3) is 3.70. The monoisotopic (exact) mass is 228 g/mol. The zero-order chi connectivity index (χ0) is 12.0. The Morgan fingerprint density at radius 2 is 2.38 bits per heavy atom. The fraction of sp³-hybridized carbons (Fsp3) is 0.444. The summed E-state index contributed by atoms with van der Waals surface area (Å²) in [5.41, 5.74) is 0.359. The van der Waals surface area contributed by atoms with Crippen molar-refractivity contribution in [3.63, 3.8) is 0 Å². The number of carbonyl (C=O) groups is 2. The molecule has 0 aliphatic rings. The zero-order valence-corrected chi connectivity index (χ0v) is 8.73. The van der Waals surface area contributed by atoms with Crippen LogP contribution in [0.1, 0.15) is 16.1 Å². The minimum absolute atomic E-state index is 0.141. The van der Waals surface area contributed by atoms with Crippen molar-refractivity contribution < 1.29 is 24.0 Å². The van der Waals surface area contributed by atoms with E-state index >= 15 is 0 Å². The average Bonchev–Trinajstić information content (AvgIpc) is 2.63. The van der Waals surface area contributed by atoms with Gasteiger partial charge >= 0.3 is 5.97 Å². The predicted octanol–water partition coefficient (Wildman–Crippen LogP) is -0.186. The van der Waals surface area contributed by atoms with E-state index in [4.69, 9.17) is 14.4 Å². The Hall–Kier alpha value is -1.89. The lowest BCUT2D eigenvalue weighted by Gasteiger charge is -2.03. The van der Waals surface area contributed by atoms with Crippen LogP contribution in [0, 0.1) is 6.92 Å². The quantitative estimate of drug-likeness (QED) is 0.654. The summed E-state index contributed by atoms with van der Waals surface area (Å²) in [5.74, 6) is -0.928. The van der Waals surface area contributed by atoms with Crippen LogP contribution in [0.5, 0.6) is 0 Å². The second kappa shape index (κ2) is 5.86. The highest BCUT2D eigenvalue weighted by molar-refractivity contribution is 5.94. The van der Waals surface area contributed by atoms with E-state index in [-0.39, 0.29) is 25.7 Å². The topological polar surface area (TPSA) is 102 Å².